The van der Waals surface area contributed by atoms with Gasteiger partial charge in [0.1, 0.15) is 6.54 Å². The number of hydrogen-bond donors (Lipinski definition) is 2. The molecule has 1 atom stereocenters. The standard InChI is InChI=1S/C18H24N4O3.ClH/c1-19-13-5-4-10-21(11-13)17(24)8-9-18(25)22-12-16(23)20-14-6-2-3-7-15(14)22;/h2-3,6-7,13,19H,4-5,8-12H2,1H3,(H,20,23);1H. The molecule has 0 bridgehead atoms. The van der Waals surface area contributed by atoms with Gasteiger partial charge in [-0.25, -0.2) is 0 Å². The molecule has 142 valence electrons. The Morgan fingerprint density at radius 1 is 1.23 bits per heavy atom. The second kappa shape index (κ2) is 9.00. The fourth-order valence-electron chi connectivity index (χ4n) is 3.40. The fraction of sp³-hybridized carbons (Fsp3) is 0.500. The summed E-state index contributed by atoms with van der Waals surface area (Å²) in [6.45, 7) is 1.44. The van der Waals surface area contributed by atoms with E-state index in [1.165, 1.54) is 4.90 Å². The van der Waals surface area contributed by atoms with Crippen molar-refractivity contribution in [2.45, 2.75) is 31.7 Å². The van der Waals surface area contributed by atoms with Crippen LogP contribution in [0.2, 0.25) is 0 Å². The average molecular weight is 381 g/mol. The number of piperidine rings is 1. The number of para-hydroxylation sites is 2. The first kappa shape index (κ1) is 20.2. The van der Waals surface area contributed by atoms with E-state index in [2.05, 4.69) is 10.6 Å². The van der Waals surface area contributed by atoms with E-state index in [4.69, 9.17) is 0 Å². The maximum atomic E-state index is 12.6. The van der Waals surface area contributed by atoms with Gasteiger partial charge >= 0.3 is 0 Å². The Morgan fingerprint density at radius 3 is 2.73 bits per heavy atom. The first-order chi connectivity index (χ1) is 12.1. The van der Waals surface area contributed by atoms with Crippen LogP contribution in [0.5, 0.6) is 0 Å². The smallest absolute Gasteiger partial charge is 0.244 e. The molecule has 1 unspecified atom stereocenters. The van der Waals surface area contributed by atoms with E-state index in [0.717, 1.165) is 19.4 Å². The van der Waals surface area contributed by atoms with E-state index in [1.807, 2.05) is 24.1 Å². The molecule has 8 heteroatoms. The molecule has 7 nitrogen and oxygen atoms in total. The second-order valence-corrected chi connectivity index (χ2v) is 6.51. The summed E-state index contributed by atoms with van der Waals surface area (Å²) in [7, 11) is 1.90. The summed E-state index contributed by atoms with van der Waals surface area (Å²) in [5.41, 5.74) is 1.32. The third kappa shape index (κ3) is 4.53. The monoisotopic (exact) mass is 380 g/mol. The minimum atomic E-state index is -0.216. The lowest BCUT2D eigenvalue weighted by atomic mass is 10.1. The highest BCUT2D eigenvalue weighted by Crippen LogP contribution is 2.29. The minimum Gasteiger partial charge on any atom is -0.341 e. The maximum absolute atomic E-state index is 12.6. The number of halogens is 1. The van der Waals surface area contributed by atoms with Crippen molar-refractivity contribution in [3.05, 3.63) is 24.3 Å². The zero-order valence-corrected chi connectivity index (χ0v) is 15.7. The Labute approximate surface area is 159 Å². The maximum Gasteiger partial charge on any atom is 0.244 e. The SMILES string of the molecule is CNC1CCCN(C(=O)CCC(=O)N2CC(=O)Nc3ccccc32)C1.Cl. The van der Waals surface area contributed by atoms with Crippen molar-refractivity contribution in [2.75, 3.05) is 36.9 Å². The normalized spacial score (nSPS) is 19.3. The highest BCUT2D eigenvalue weighted by molar-refractivity contribution is 6.10. The number of rotatable bonds is 4. The van der Waals surface area contributed by atoms with Crippen molar-refractivity contribution in [1.29, 1.82) is 0 Å². The summed E-state index contributed by atoms with van der Waals surface area (Å²) < 4.78 is 0. The molecular weight excluding hydrogens is 356 g/mol. The molecule has 0 spiro atoms. The van der Waals surface area contributed by atoms with E-state index >= 15 is 0 Å². The number of benzene rings is 1. The molecule has 2 aliphatic heterocycles. The Bertz CT molecular complexity index is 682. The molecule has 1 aromatic rings. The quantitative estimate of drug-likeness (QED) is 0.826. The first-order valence-electron chi connectivity index (χ1n) is 8.73. The molecule has 2 N–H and O–H groups in total. The number of carbonyl (C=O) groups is 3. The van der Waals surface area contributed by atoms with Gasteiger partial charge in [-0.1, -0.05) is 12.1 Å². The van der Waals surface area contributed by atoms with Crippen LogP contribution in [0.3, 0.4) is 0 Å². The Kier molecular flexibility index (Phi) is 6.99. The fourth-order valence-corrected chi connectivity index (χ4v) is 3.40. The summed E-state index contributed by atoms with van der Waals surface area (Å²) in [6, 6.07) is 7.53. The molecule has 1 aromatic carbocycles. The zero-order valence-electron chi connectivity index (χ0n) is 14.9. The number of nitrogens with one attached hydrogen (secondary N) is 2. The minimum absolute atomic E-state index is 0. The van der Waals surface area contributed by atoms with Crippen LogP contribution in [0.4, 0.5) is 11.4 Å². The summed E-state index contributed by atoms with van der Waals surface area (Å²) >= 11 is 0. The van der Waals surface area contributed by atoms with Gasteiger partial charge in [-0.2, -0.15) is 0 Å². The van der Waals surface area contributed by atoms with Crippen LogP contribution >= 0.6 is 12.4 Å². The molecule has 3 amide bonds. The molecule has 2 aliphatic rings. The predicted molar refractivity (Wildman–Crippen MR) is 103 cm³/mol. The lowest BCUT2D eigenvalue weighted by Crippen LogP contribution is -2.47. The Hall–Kier alpha value is -2.12. The Balaban J connectivity index is 0.00000243. The third-order valence-corrected chi connectivity index (χ3v) is 4.81. The lowest BCUT2D eigenvalue weighted by molar-refractivity contribution is -0.134. The van der Waals surface area contributed by atoms with Gasteiger partial charge in [0.15, 0.2) is 0 Å². The van der Waals surface area contributed by atoms with Gasteiger partial charge in [-0.15, -0.1) is 12.4 Å². The Morgan fingerprint density at radius 2 is 1.96 bits per heavy atom. The van der Waals surface area contributed by atoms with Crippen molar-refractivity contribution in [1.82, 2.24) is 10.2 Å². The van der Waals surface area contributed by atoms with Crippen LogP contribution in [0.25, 0.3) is 0 Å². The van der Waals surface area contributed by atoms with Crippen LogP contribution in [0, 0.1) is 0 Å². The van der Waals surface area contributed by atoms with Crippen LogP contribution in [-0.2, 0) is 14.4 Å². The second-order valence-electron chi connectivity index (χ2n) is 6.51. The number of carbonyl (C=O) groups excluding carboxylic acids is 3. The molecule has 3 rings (SSSR count). The molecule has 0 saturated carbocycles. The molecule has 0 aromatic heterocycles. The molecule has 1 fully saturated rings. The number of likely N-dealkylation sites (N-methyl/N-ethyl adjacent to an activating group) is 1. The van der Waals surface area contributed by atoms with Crippen LogP contribution in [-0.4, -0.2) is 55.3 Å². The lowest BCUT2D eigenvalue weighted by Gasteiger charge is -2.33. The number of likely N-dealkylation sites (tertiary alicyclic amines) is 1. The van der Waals surface area contributed by atoms with Crippen molar-refractivity contribution in [2.24, 2.45) is 0 Å². The molecule has 1 saturated heterocycles. The summed E-state index contributed by atoms with van der Waals surface area (Å²) in [5, 5.41) is 5.97. The average Bonchev–Trinajstić information content (AvgIpc) is 2.65. The van der Waals surface area contributed by atoms with E-state index in [0.29, 0.717) is 24.0 Å². The number of anilines is 2. The zero-order chi connectivity index (χ0) is 17.8. The van der Waals surface area contributed by atoms with Gasteiger partial charge < -0.3 is 20.4 Å². The number of amides is 3. The van der Waals surface area contributed by atoms with Crippen LogP contribution in [0.15, 0.2) is 24.3 Å². The van der Waals surface area contributed by atoms with Crippen molar-refractivity contribution in [3.63, 3.8) is 0 Å². The number of hydrogen-bond acceptors (Lipinski definition) is 4. The third-order valence-electron chi connectivity index (χ3n) is 4.81. The van der Waals surface area contributed by atoms with Crippen molar-refractivity contribution in [3.8, 4) is 0 Å². The largest absolute Gasteiger partial charge is 0.341 e. The molecule has 26 heavy (non-hydrogen) atoms. The molecular formula is C18H25ClN4O3. The number of nitrogens with zero attached hydrogens (tertiary/aromatic N) is 2. The molecule has 0 aliphatic carbocycles. The summed E-state index contributed by atoms with van der Waals surface area (Å²) in [5.74, 6) is -0.410. The van der Waals surface area contributed by atoms with E-state index < -0.39 is 0 Å². The van der Waals surface area contributed by atoms with Gasteiger partial charge in [0, 0.05) is 32.0 Å². The van der Waals surface area contributed by atoms with Crippen LogP contribution in [0.1, 0.15) is 25.7 Å². The van der Waals surface area contributed by atoms with E-state index in [9.17, 15) is 14.4 Å². The number of fused-ring (bicyclic) bond motifs is 1. The summed E-state index contributed by atoms with van der Waals surface area (Å²) in [6.07, 6.45) is 2.33. The predicted octanol–water partition coefficient (Wildman–Crippen LogP) is 1.38. The first-order valence-corrected chi connectivity index (χ1v) is 8.73. The molecule has 0 radical (unpaired) electrons. The van der Waals surface area contributed by atoms with E-state index in [-0.39, 0.29) is 49.5 Å². The molecule has 2 heterocycles. The highest BCUT2D eigenvalue weighted by atomic mass is 35.5. The highest BCUT2D eigenvalue weighted by Gasteiger charge is 2.28. The van der Waals surface area contributed by atoms with Crippen molar-refractivity contribution < 1.29 is 14.4 Å². The van der Waals surface area contributed by atoms with Gasteiger partial charge in [0.05, 0.1) is 11.4 Å². The van der Waals surface area contributed by atoms with Gasteiger partial charge in [-0.3, -0.25) is 14.4 Å². The topological polar surface area (TPSA) is 81.8 Å². The van der Waals surface area contributed by atoms with Gasteiger partial charge in [0.2, 0.25) is 17.7 Å². The van der Waals surface area contributed by atoms with Gasteiger partial charge in [-0.05, 0) is 32.0 Å². The van der Waals surface area contributed by atoms with E-state index in [1.54, 1.807) is 12.1 Å². The summed E-state index contributed by atoms with van der Waals surface area (Å²) in [4.78, 5) is 40.1. The van der Waals surface area contributed by atoms with Crippen LogP contribution < -0.4 is 15.5 Å². The van der Waals surface area contributed by atoms with Gasteiger partial charge in [0.25, 0.3) is 0 Å². The van der Waals surface area contributed by atoms with Crippen molar-refractivity contribution >= 4 is 41.5 Å².